The third-order valence-corrected chi connectivity index (χ3v) is 7.01. The Morgan fingerprint density at radius 3 is 2.53 bits per heavy atom. The van der Waals surface area contributed by atoms with Gasteiger partial charge in [0, 0.05) is 33.7 Å². The summed E-state index contributed by atoms with van der Waals surface area (Å²) in [6.07, 6.45) is -1.59. The molecule has 0 saturated carbocycles. The van der Waals surface area contributed by atoms with Crippen molar-refractivity contribution < 1.29 is 32.9 Å². The van der Waals surface area contributed by atoms with Crippen LogP contribution in [0.5, 0.6) is 17.2 Å². The van der Waals surface area contributed by atoms with Crippen molar-refractivity contribution in [3.63, 3.8) is 0 Å². The molecule has 4 aromatic rings. The zero-order chi connectivity index (χ0) is 27.2. The Hall–Kier alpha value is -4.02. The molecule has 8 nitrogen and oxygen atoms in total. The first-order valence-corrected chi connectivity index (χ1v) is 12.6. The molecule has 38 heavy (non-hydrogen) atoms. The monoisotopic (exact) mass is 538 g/mol. The second-order valence-electron chi connectivity index (χ2n) is 8.28. The number of halogens is 1. The van der Waals surface area contributed by atoms with Gasteiger partial charge in [0.1, 0.15) is 23.7 Å². The summed E-state index contributed by atoms with van der Waals surface area (Å²) in [6.45, 7) is 1.45. The van der Waals surface area contributed by atoms with E-state index in [9.17, 15) is 14.0 Å². The molecule has 1 amide bonds. The molecule has 1 atom stereocenters. The van der Waals surface area contributed by atoms with Crippen LogP contribution in [0.2, 0.25) is 0 Å². The van der Waals surface area contributed by atoms with Gasteiger partial charge < -0.3 is 24.3 Å². The summed E-state index contributed by atoms with van der Waals surface area (Å²) in [6, 6.07) is 13.7. The molecule has 0 radical (unpaired) electrons. The molecule has 0 saturated heterocycles. The Balaban J connectivity index is 1.49. The van der Waals surface area contributed by atoms with E-state index in [-0.39, 0.29) is 41.7 Å². The normalized spacial score (nSPS) is 11.7. The maximum absolute atomic E-state index is 13.3. The average molecular weight is 539 g/mol. The van der Waals surface area contributed by atoms with Gasteiger partial charge in [-0.1, -0.05) is 18.2 Å². The van der Waals surface area contributed by atoms with Gasteiger partial charge in [-0.3, -0.25) is 9.59 Å². The molecule has 2 heterocycles. The van der Waals surface area contributed by atoms with E-state index in [1.54, 1.807) is 30.6 Å². The number of thiophene rings is 1. The number of nitrogens with one attached hydrogen (secondary N) is 1. The molecule has 0 fully saturated rings. The first kappa shape index (κ1) is 27.0. The van der Waals surface area contributed by atoms with E-state index >= 15 is 0 Å². The van der Waals surface area contributed by atoms with Gasteiger partial charge in [-0.2, -0.15) is 0 Å². The van der Waals surface area contributed by atoms with E-state index in [0.29, 0.717) is 11.4 Å². The first-order chi connectivity index (χ1) is 18.4. The van der Waals surface area contributed by atoms with Gasteiger partial charge in [0.05, 0.1) is 20.8 Å². The summed E-state index contributed by atoms with van der Waals surface area (Å²) < 4.78 is 35.1. The number of ketones is 1. The number of nitrogens with zero attached hydrogens (tertiary/aromatic N) is 1. The number of hydrogen-bond donors (Lipinski definition) is 1. The lowest BCUT2D eigenvalue weighted by atomic mass is 10.1. The van der Waals surface area contributed by atoms with Gasteiger partial charge in [-0.05, 0) is 42.8 Å². The van der Waals surface area contributed by atoms with Crippen molar-refractivity contribution in [2.24, 2.45) is 0 Å². The number of carbonyl (C=O) groups is 2. The fourth-order valence-electron chi connectivity index (χ4n) is 3.85. The van der Waals surface area contributed by atoms with Crippen molar-refractivity contribution in [1.29, 1.82) is 0 Å². The standard InChI is InChI=1S/C28H27FN2O6S/c1-16-6-5-7-18-19(15-38-27(16)18)26-23(34-2)11-9-20(31-26)21(32)13-30-28(33)17-8-10-22(24(12-17)35-3)37-14-25(29)36-4/h5-12,15,25H,13-14H2,1-4H3,(H,30,33). The summed E-state index contributed by atoms with van der Waals surface area (Å²) in [5, 5.41) is 5.65. The van der Waals surface area contributed by atoms with Gasteiger partial charge >= 0.3 is 0 Å². The fourth-order valence-corrected chi connectivity index (χ4v) is 4.88. The number of pyridine rings is 1. The molecule has 0 bridgehead atoms. The van der Waals surface area contributed by atoms with Crippen molar-refractivity contribution in [1.82, 2.24) is 10.3 Å². The minimum atomic E-state index is -1.59. The molecule has 0 aliphatic rings. The summed E-state index contributed by atoms with van der Waals surface area (Å²) >= 11 is 1.61. The third kappa shape index (κ3) is 5.76. The highest BCUT2D eigenvalue weighted by Crippen LogP contribution is 2.38. The minimum Gasteiger partial charge on any atom is -0.494 e. The molecule has 198 valence electrons. The number of methoxy groups -OCH3 is 3. The second kappa shape index (κ2) is 12.0. The lowest BCUT2D eigenvalue weighted by Gasteiger charge is -2.13. The number of amides is 1. The van der Waals surface area contributed by atoms with Crippen LogP contribution in [-0.2, 0) is 4.74 Å². The number of aryl methyl sites for hydroxylation is 1. The SMILES string of the molecule is COc1cc(C(=O)NCC(=O)c2ccc(OC)c(-c3csc4c(C)cccc34)n2)ccc1OCC(F)OC. The largest absolute Gasteiger partial charge is 0.494 e. The summed E-state index contributed by atoms with van der Waals surface area (Å²) in [4.78, 5) is 30.3. The second-order valence-corrected chi connectivity index (χ2v) is 9.16. The van der Waals surface area contributed by atoms with E-state index < -0.39 is 12.3 Å². The molecule has 4 rings (SSSR count). The van der Waals surface area contributed by atoms with Crippen LogP contribution in [0.1, 0.15) is 26.4 Å². The zero-order valence-electron chi connectivity index (χ0n) is 21.4. The lowest BCUT2D eigenvalue weighted by Crippen LogP contribution is -2.30. The van der Waals surface area contributed by atoms with Crippen LogP contribution in [-0.4, -0.2) is 57.5 Å². The molecule has 2 aromatic heterocycles. The number of aromatic nitrogens is 1. The predicted octanol–water partition coefficient (Wildman–Crippen LogP) is 5.22. The zero-order valence-corrected chi connectivity index (χ0v) is 22.2. The Labute approximate surface area is 223 Å². The topological polar surface area (TPSA) is 96.0 Å². The predicted molar refractivity (Wildman–Crippen MR) is 143 cm³/mol. The van der Waals surface area contributed by atoms with Crippen LogP contribution < -0.4 is 19.5 Å². The molecule has 10 heteroatoms. The van der Waals surface area contributed by atoms with Crippen LogP contribution >= 0.6 is 11.3 Å². The highest BCUT2D eigenvalue weighted by Gasteiger charge is 2.19. The molecule has 1 unspecified atom stereocenters. The molecular weight excluding hydrogens is 511 g/mol. The first-order valence-electron chi connectivity index (χ1n) is 11.7. The quantitative estimate of drug-likeness (QED) is 0.262. The Morgan fingerprint density at radius 1 is 1.03 bits per heavy atom. The van der Waals surface area contributed by atoms with Crippen LogP contribution in [0.25, 0.3) is 21.3 Å². The number of Topliss-reactive ketones (excluding diaryl/α,β-unsaturated/α-hetero) is 1. The number of fused-ring (bicyclic) bond motifs is 1. The third-order valence-electron chi connectivity index (χ3n) is 5.88. The van der Waals surface area contributed by atoms with Crippen molar-refractivity contribution in [3.05, 3.63) is 70.7 Å². The van der Waals surface area contributed by atoms with E-state index in [0.717, 1.165) is 21.2 Å². The number of carbonyl (C=O) groups excluding carboxylic acids is 2. The minimum absolute atomic E-state index is 0.202. The summed E-state index contributed by atoms with van der Waals surface area (Å²) in [7, 11) is 4.19. The van der Waals surface area contributed by atoms with E-state index in [1.807, 2.05) is 30.5 Å². The van der Waals surface area contributed by atoms with Gasteiger partial charge in [-0.15, -0.1) is 11.3 Å². The van der Waals surface area contributed by atoms with Crippen LogP contribution in [0.3, 0.4) is 0 Å². The number of hydrogen-bond acceptors (Lipinski definition) is 8. The van der Waals surface area contributed by atoms with Crippen LogP contribution in [0.15, 0.2) is 53.9 Å². The average Bonchev–Trinajstić information content (AvgIpc) is 3.39. The Bertz CT molecular complexity index is 1470. The number of ether oxygens (including phenoxy) is 4. The van der Waals surface area contributed by atoms with Crippen molar-refractivity contribution in [2.75, 3.05) is 34.5 Å². The molecule has 0 spiro atoms. The molecule has 2 aromatic carbocycles. The molecule has 0 aliphatic carbocycles. The maximum atomic E-state index is 13.3. The van der Waals surface area contributed by atoms with E-state index in [4.69, 9.17) is 14.2 Å². The van der Waals surface area contributed by atoms with Crippen molar-refractivity contribution >= 4 is 33.1 Å². The van der Waals surface area contributed by atoms with Crippen LogP contribution in [0.4, 0.5) is 4.39 Å². The van der Waals surface area contributed by atoms with Crippen LogP contribution in [0, 0.1) is 6.92 Å². The lowest BCUT2D eigenvalue weighted by molar-refractivity contribution is -0.0361. The molecular formula is C28H27FN2O6S. The van der Waals surface area contributed by atoms with Gasteiger partial charge in [0.2, 0.25) is 6.36 Å². The van der Waals surface area contributed by atoms with E-state index in [2.05, 4.69) is 15.0 Å². The van der Waals surface area contributed by atoms with Crippen molar-refractivity contribution in [2.45, 2.75) is 13.3 Å². The smallest absolute Gasteiger partial charge is 0.251 e. The van der Waals surface area contributed by atoms with Gasteiger partial charge in [0.25, 0.3) is 5.91 Å². The Morgan fingerprint density at radius 2 is 1.79 bits per heavy atom. The van der Waals surface area contributed by atoms with Gasteiger partial charge in [0.15, 0.2) is 17.3 Å². The van der Waals surface area contributed by atoms with Crippen molar-refractivity contribution in [3.8, 4) is 28.5 Å². The number of rotatable bonds is 11. The summed E-state index contributed by atoms with van der Waals surface area (Å²) in [5.41, 5.74) is 3.04. The molecule has 1 N–H and O–H groups in total. The highest BCUT2D eigenvalue weighted by molar-refractivity contribution is 7.18. The molecule has 0 aliphatic heterocycles. The Kier molecular flexibility index (Phi) is 8.55. The maximum Gasteiger partial charge on any atom is 0.251 e. The fraction of sp³-hybridized carbons (Fsp3) is 0.250. The summed E-state index contributed by atoms with van der Waals surface area (Å²) in [5.74, 6) is 0.193. The van der Waals surface area contributed by atoms with E-state index in [1.165, 1.54) is 32.4 Å². The van der Waals surface area contributed by atoms with Gasteiger partial charge in [-0.25, -0.2) is 9.37 Å². The number of alkyl halides is 1. The highest BCUT2D eigenvalue weighted by atomic mass is 32.1. The number of benzene rings is 2.